The SMILES string of the molecule is Fc1cccnc1O[C@H]1CSC2(C1)CN(Cc1cccnc1)C2. The van der Waals surface area contributed by atoms with Crippen molar-refractivity contribution in [3.63, 3.8) is 0 Å². The summed E-state index contributed by atoms with van der Waals surface area (Å²) in [4.78, 5) is 10.6. The van der Waals surface area contributed by atoms with Gasteiger partial charge in [-0.3, -0.25) is 9.88 Å². The van der Waals surface area contributed by atoms with Crippen LogP contribution in [0, 0.1) is 5.82 Å². The zero-order valence-corrected chi connectivity index (χ0v) is 13.5. The van der Waals surface area contributed by atoms with Crippen LogP contribution in [0.25, 0.3) is 0 Å². The average Bonchev–Trinajstić information content (AvgIpc) is 2.94. The van der Waals surface area contributed by atoms with E-state index < -0.39 is 0 Å². The van der Waals surface area contributed by atoms with Crippen molar-refractivity contribution in [1.82, 2.24) is 14.9 Å². The largest absolute Gasteiger partial charge is 0.471 e. The summed E-state index contributed by atoms with van der Waals surface area (Å²) in [6.07, 6.45) is 6.28. The van der Waals surface area contributed by atoms with Crippen molar-refractivity contribution in [2.45, 2.75) is 23.8 Å². The van der Waals surface area contributed by atoms with Gasteiger partial charge in [0.2, 0.25) is 0 Å². The van der Waals surface area contributed by atoms with Gasteiger partial charge in [-0.25, -0.2) is 9.37 Å². The normalized spacial score (nSPS) is 22.9. The van der Waals surface area contributed by atoms with Gasteiger partial charge in [-0.05, 0) is 23.8 Å². The molecule has 0 unspecified atom stereocenters. The Morgan fingerprint density at radius 2 is 2.17 bits per heavy atom. The maximum absolute atomic E-state index is 13.6. The van der Waals surface area contributed by atoms with E-state index in [2.05, 4.69) is 20.9 Å². The predicted molar refractivity (Wildman–Crippen MR) is 87.9 cm³/mol. The molecule has 2 aromatic rings. The van der Waals surface area contributed by atoms with Crippen LogP contribution in [0.5, 0.6) is 5.88 Å². The van der Waals surface area contributed by atoms with E-state index in [0.717, 1.165) is 31.8 Å². The van der Waals surface area contributed by atoms with Crippen LogP contribution in [-0.4, -0.2) is 44.6 Å². The van der Waals surface area contributed by atoms with Crippen molar-refractivity contribution in [2.24, 2.45) is 0 Å². The van der Waals surface area contributed by atoms with Gasteiger partial charge in [0, 0.05) is 55.1 Å². The van der Waals surface area contributed by atoms with Crippen molar-refractivity contribution in [3.8, 4) is 5.88 Å². The van der Waals surface area contributed by atoms with Gasteiger partial charge in [-0.15, -0.1) is 11.8 Å². The minimum atomic E-state index is -0.384. The van der Waals surface area contributed by atoms with Crippen LogP contribution in [0.3, 0.4) is 0 Å². The van der Waals surface area contributed by atoms with E-state index in [4.69, 9.17) is 4.74 Å². The lowest BCUT2D eigenvalue weighted by molar-refractivity contribution is 0.0895. The Morgan fingerprint density at radius 1 is 1.30 bits per heavy atom. The second kappa shape index (κ2) is 6.09. The lowest BCUT2D eigenvalue weighted by Gasteiger charge is -2.47. The molecule has 2 fully saturated rings. The van der Waals surface area contributed by atoms with E-state index >= 15 is 0 Å². The van der Waals surface area contributed by atoms with Gasteiger partial charge in [0.05, 0.1) is 0 Å². The second-order valence-corrected chi connectivity index (χ2v) is 7.72. The molecule has 2 aliphatic rings. The van der Waals surface area contributed by atoms with Crippen molar-refractivity contribution in [2.75, 3.05) is 18.8 Å². The highest BCUT2D eigenvalue weighted by Crippen LogP contribution is 2.46. The van der Waals surface area contributed by atoms with E-state index in [-0.39, 0.29) is 22.5 Å². The molecule has 120 valence electrons. The average molecular weight is 331 g/mol. The van der Waals surface area contributed by atoms with Gasteiger partial charge in [-0.1, -0.05) is 6.07 Å². The fourth-order valence-electron chi connectivity index (χ4n) is 3.34. The Balaban J connectivity index is 1.31. The van der Waals surface area contributed by atoms with E-state index in [0.29, 0.717) is 0 Å². The number of likely N-dealkylation sites (tertiary alicyclic amines) is 1. The molecule has 0 aromatic carbocycles. The lowest BCUT2D eigenvalue weighted by Crippen LogP contribution is -2.58. The lowest BCUT2D eigenvalue weighted by atomic mass is 9.92. The molecular formula is C17H18FN3OS. The Kier molecular flexibility index (Phi) is 3.95. The third-order valence-corrected chi connectivity index (χ3v) is 5.91. The molecule has 2 aromatic heterocycles. The summed E-state index contributed by atoms with van der Waals surface area (Å²) < 4.78 is 19.6. The summed E-state index contributed by atoms with van der Waals surface area (Å²) in [6, 6.07) is 7.05. The molecule has 2 saturated heterocycles. The van der Waals surface area contributed by atoms with E-state index in [1.54, 1.807) is 18.5 Å². The Morgan fingerprint density at radius 3 is 2.96 bits per heavy atom. The number of aromatic nitrogens is 2. The van der Waals surface area contributed by atoms with Crippen LogP contribution in [0.2, 0.25) is 0 Å². The third kappa shape index (κ3) is 3.19. The van der Waals surface area contributed by atoms with Crippen LogP contribution in [0.4, 0.5) is 4.39 Å². The van der Waals surface area contributed by atoms with E-state index in [1.807, 2.05) is 24.0 Å². The summed E-state index contributed by atoms with van der Waals surface area (Å²) in [6.45, 7) is 3.05. The van der Waals surface area contributed by atoms with Crippen molar-refractivity contribution in [1.29, 1.82) is 0 Å². The summed E-state index contributed by atoms with van der Waals surface area (Å²) in [5.74, 6) is 0.642. The number of ether oxygens (including phenoxy) is 1. The number of halogens is 1. The predicted octanol–water partition coefficient (Wildman–Crippen LogP) is 2.75. The maximum Gasteiger partial charge on any atom is 0.250 e. The molecule has 1 spiro atoms. The summed E-state index contributed by atoms with van der Waals surface area (Å²) in [5, 5.41) is 0. The topological polar surface area (TPSA) is 38.2 Å². The van der Waals surface area contributed by atoms with Crippen molar-refractivity contribution < 1.29 is 9.13 Å². The van der Waals surface area contributed by atoms with Gasteiger partial charge in [0.25, 0.3) is 5.88 Å². The molecule has 0 bridgehead atoms. The molecule has 0 amide bonds. The van der Waals surface area contributed by atoms with Crippen LogP contribution in [-0.2, 0) is 6.54 Å². The maximum atomic E-state index is 13.6. The van der Waals surface area contributed by atoms with Gasteiger partial charge >= 0.3 is 0 Å². The van der Waals surface area contributed by atoms with Crippen LogP contribution in [0.1, 0.15) is 12.0 Å². The molecule has 0 saturated carbocycles. The molecule has 4 heterocycles. The monoisotopic (exact) mass is 331 g/mol. The van der Waals surface area contributed by atoms with Gasteiger partial charge in [0.15, 0.2) is 5.82 Å². The molecule has 2 aliphatic heterocycles. The van der Waals surface area contributed by atoms with Gasteiger partial charge < -0.3 is 4.74 Å². The smallest absolute Gasteiger partial charge is 0.250 e. The number of hydrogen-bond acceptors (Lipinski definition) is 5. The summed E-state index contributed by atoms with van der Waals surface area (Å²) in [5.41, 5.74) is 1.24. The summed E-state index contributed by atoms with van der Waals surface area (Å²) >= 11 is 1.95. The number of rotatable bonds is 4. The van der Waals surface area contributed by atoms with E-state index in [9.17, 15) is 4.39 Å². The Labute approximate surface area is 139 Å². The first-order valence-electron chi connectivity index (χ1n) is 7.75. The van der Waals surface area contributed by atoms with Crippen molar-refractivity contribution in [3.05, 3.63) is 54.2 Å². The minimum absolute atomic E-state index is 0.0462. The zero-order valence-electron chi connectivity index (χ0n) is 12.7. The quantitative estimate of drug-likeness (QED) is 0.861. The molecule has 0 aliphatic carbocycles. The Hall–Kier alpha value is -1.66. The molecule has 4 rings (SSSR count). The standard InChI is InChI=1S/C17H18FN3OS/c18-15-4-2-6-20-16(15)22-14-7-17(23-10-14)11-21(12-17)9-13-3-1-5-19-8-13/h1-6,8,14H,7,9-12H2/t14-/m1/s1. The molecular weight excluding hydrogens is 313 g/mol. The van der Waals surface area contributed by atoms with Gasteiger partial charge in [0.1, 0.15) is 6.10 Å². The highest BCUT2D eigenvalue weighted by molar-refractivity contribution is 8.01. The number of nitrogens with zero attached hydrogens (tertiary/aromatic N) is 3. The zero-order chi connectivity index (χ0) is 15.7. The Bertz CT molecular complexity index is 679. The number of thioether (sulfide) groups is 1. The molecule has 1 atom stereocenters. The first-order chi connectivity index (χ1) is 11.2. The van der Waals surface area contributed by atoms with Crippen LogP contribution in [0.15, 0.2) is 42.9 Å². The van der Waals surface area contributed by atoms with E-state index in [1.165, 1.54) is 11.6 Å². The second-order valence-electron chi connectivity index (χ2n) is 6.23. The first kappa shape index (κ1) is 14.9. The third-order valence-electron chi connectivity index (χ3n) is 4.33. The molecule has 4 nitrogen and oxygen atoms in total. The first-order valence-corrected chi connectivity index (χ1v) is 8.73. The highest BCUT2D eigenvalue weighted by Gasteiger charge is 2.49. The fourth-order valence-corrected chi connectivity index (χ4v) is 4.92. The minimum Gasteiger partial charge on any atom is -0.471 e. The number of hydrogen-bond donors (Lipinski definition) is 0. The van der Waals surface area contributed by atoms with Crippen LogP contribution < -0.4 is 4.74 Å². The van der Waals surface area contributed by atoms with Crippen molar-refractivity contribution >= 4 is 11.8 Å². The van der Waals surface area contributed by atoms with Gasteiger partial charge in [-0.2, -0.15) is 0 Å². The molecule has 0 N–H and O–H groups in total. The molecule has 6 heteroatoms. The molecule has 0 radical (unpaired) electrons. The number of pyridine rings is 2. The molecule has 23 heavy (non-hydrogen) atoms. The summed E-state index contributed by atoms with van der Waals surface area (Å²) in [7, 11) is 0. The highest BCUT2D eigenvalue weighted by atomic mass is 32.2. The fraction of sp³-hybridized carbons (Fsp3) is 0.412. The van der Waals surface area contributed by atoms with Crippen LogP contribution >= 0.6 is 11.8 Å².